The summed E-state index contributed by atoms with van der Waals surface area (Å²) >= 11 is 0. The van der Waals surface area contributed by atoms with Gasteiger partial charge in [0.2, 0.25) is 5.91 Å². The third kappa shape index (κ3) is 3.96. The molecule has 6 heteroatoms. The van der Waals surface area contributed by atoms with Crippen LogP contribution in [0.1, 0.15) is 23.2 Å². The number of amides is 1. The monoisotopic (exact) mass is 416 g/mol. The number of nitrogens with two attached hydrogens (primary N) is 1. The van der Waals surface area contributed by atoms with Crippen LogP contribution in [0.5, 0.6) is 5.75 Å². The highest BCUT2D eigenvalue weighted by molar-refractivity contribution is 5.92. The van der Waals surface area contributed by atoms with E-state index in [0.29, 0.717) is 6.61 Å². The van der Waals surface area contributed by atoms with E-state index in [4.69, 9.17) is 10.5 Å². The van der Waals surface area contributed by atoms with Gasteiger partial charge in [-0.05, 0) is 54.3 Å². The number of hydrogen-bond acceptors (Lipinski definition) is 4. The number of fused-ring (bicyclic) bond motifs is 4. The van der Waals surface area contributed by atoms with E-state index in [-0.39, 0.29) is 5.54 Å². The van der Waals surface area contributed by atoms with Crippen LogP contribution < -0.4 is 15.8 Å². The minimum absolute atomic E-state index is 0.0391. The maximum absolute atomic E-state index is 11.1. The number of likely N-dealkylation sites (tertiary alicyclic amines) is 1. The number of nitrogens with zero attached hydrogens (tertiary/aromatic N) is 1. The van der Waals surface area contributed by atoms with Crippen LogP contribution in [-0.4, -0.2) is 48.6 Å². The molecule has 5 rings (SSSR count). The van der Waals surface area contributed by atoms with Crippen molar-refractivity contribution in [3.63, 3.8) is 0 Å². The van der Waals surface area contributed by atoms with Gasteiger partial charge in [-0.3, -0.25) is 9.69 Å². The fourth-order valence-corrected chi connectivity index (χ4v) is 4.97. The lowest BCUT2D eigenvalue weighted by atomic mass is 9.86. The topological polar surface area (TPSA) is 83.4 Å². The first-order chi connectivity index (χ1) is 15.1. The summed E-state index contributed by atoms with van der Waals surface area (Å²) in [7, 11) is 0. The molecule has 1 atom stereocenters. The predicted molar refractivity (Wildman–Crippen MR) is 123 cm³/mol. The van der Waals surface area contributed by atoms with Gasteiger partial charge in [-0.1, -0.05) is 24.3 Å². The molecular formula is C25H28N4O2. The van der Waals surface area contributed by atoms with E-state index in [1.54, 1.807) is 6.08 Å². The van der Waals surface area contributed by atoms with Crippen LogP contribution >= 0.6 is 0 Å². The first kappa shape index (κ1) is 19.8. The van der Waals surface area contributed by atoms with Crippen molar-refractivity contribution < 1.29 is 9.53 Å². The molecule has 2 aliphatic heterocycles. The lowest BCUT2D eigenvalue weighted by molar-refractivity contribution is -0.113. The van der Waals surface area contributed by atoms with E-state index in [0.717, 1.165) is 55.9 Å². The van der Waals surface area contributed by atoms with Crippen molar-refractivity contribution in [1.29, 1.82) is 0 Å². The van der Waals surface area contributed by atoms with Gasteiger partial charge in [0.1, 0.15) is 12.4 Å². The zero-order valence-corrected chi connectivity index (χ0v) is 17.6. The van der Waals surface area contributed by atoms with E-state index in [2.05, 4.69) is 27.3 Å². The molecule has 1 spiro atoms. The molecule has 1 saturated heterocycles. The van der Waals surface area contributed by atoms with Crippen molar-refractivity contribution in [3.8, 4) is 5.75 Å². The molecule has 0 radical (unpaired) electrons. The van der Waals surface area contributed by atoms with Crippen LogP contribution in [0.2, 0.25) is 0 Å². The summed E-state index contributed by atoms with van der Waals surface area (Å²) in [6, 6.07) is 16.3. The minimum Gasteiger partial charge on any atom is -0.492 e. The molecule has 0 saturated carbocycles. The Bertz CT molecular complexity index is 1120. The molecule has 4 N–H and O–H groups in total. The zero-order valence-electron chi connectivity index (χ0n) is 17.6. The number of ether oxygens (including phenoxy) is 1. The number of rotatable bonds is 6. The van der Waals surface area contributed by atoms with Crippen LogP contribution in [0.25, 0.3) is 17.0 Å². The Kier molecular flexibility index (Phi) is 5.26. The second-order valence-corrected chi connectivity index (χ2v) is 8.47. The number of para-hydroxylation sites is 1. The Balaban J connectivity index is 1.33. The molecular weight excluding hydrogens is 388 g/mol. The minimum atomic E-state index is -0.429. The number of hydrogen-bond donors (Lipinski definition) is 3. The largest absolute Gasteiger partial charge is 0.492 e. The first-order valence-electron chi connectivity index (χ1n) is 10.9. The summed E-state index contributed by atoms with van der Waals surface area (Å²) in [4.78, 5) is 17.3. The van der Waals surface area contributed by atoms with Gasteiger partial charge in [-0.15, -0.1) is 0 Å². The third-order valence-corrected chi connectivity index (χ3v) is 6.45. The number of nitrogens with one attached hydrogen (secondary N) is 2. The predicted octanol–water partition coefficient (Wildman–Crippen LogP) is 2.79. The van der Waals surface area contributed by atoms with Crippen molar-refractivity contribution in [2.24, 2.45) is 5.73 Å². The fourth-order valence-electron chi connectivity index (χ4n) is 4.97. The number of carbonyl (C=O) groups excluding carboxylic acids is 1. The van der Waals surface area contributed by atoms with Crippen molar-refractivity contribution in [1.82, 2.24) is 15.2 Å². The summed E-state index contributed by atoms with van der Waals surface area (Å²) in [5, 5.41) is 5.06. The van der Waals surface area contributed by atoms with Crippen molar-refractivity contribution >= 4 is 22.9 Å². The smallest absolute Gasteiger partial charge is 0.241 e. The maximum atomic E-state index is 11.1. The van der Waals surface area contributed by atoms with Crippen molar-refractivity contribution in [2.75, 3.05) is 32.8 Å². The number of primary amides is 1. The van der Waals surface area contributed by atoms with Crippen LogP contribution in [0.15, 0.2) is 54.6 Å². The summed E-state index contributed by atoms with van der Waals surface area (Å²) in [6.45, 7) is 4.59. The molecule has 6 nitrogen and oxygen atoms in total. The summed E-state index contributed by atoms with van der Waals surface area (Å²) in [5.41, 5.74) is 10.1. The molecule has 1 aromatic heterocycles. The molecule has 3 aromatic rings. The zero-order chi connectivity index (χ0) is 21.3. The second-order valence-electron chi connectivity index (χ2n) is 8.47. The normalized spacial score (nSPS) is 21.2. The van der Waals surface area contributed by atoms with E-state index < -0.39 is 5.91 Å². The number of benzene rings is 2. The Labute approximate surface area is 182 Å². The summed E-state index contributed by atoms with van der Waals surface area (Å²) in [5.74, 6) is 0.493. The standard InChI is InChI=1S/C25H28N4O2/c26-23(30)9-7-18-6-8-22-21(16-18)20-10-12-27-25(24(20)28-22)11-13-29(17-25)14-15-31-19-4-2-1-3-5-19/h1-9,16,27-28H,10-15,17H2,(H2,26,30)/b9-7+. The average Bonchev–Trinajstić information content (AvgIpc) is 3.36. The molecule has 2 aliphatic rings. The highest BCUT2D eigenvalue weighted by Crippen LogP contribution is 2.39. The van der Waals surface area contributed by atoms with Gasteiger partial charge in [0.15, 0.2) is 0 Å². The molecule has 1 unspecified atom stereocenters. The SMILES string of the molecule is NC(=O)/C=C/c1ccc2[nH]c3c(c2c1)CCNC31CCN(CCOc2ccccc2)C1. The Morgan fingerprint density at radius 1 is 1.23 bits per heavy atom. The molecule has 2 aromatic carbocycles. The van der Waals surface area contributed by atoms with Crippen LogP contribution in [0.4, 0.5) is 0 Å². The van der Waals surface area contributed by atoms with E-state index in [1.165, 1.54) is 22.7 Å². The van der Waals surface area contributed by atoms with E-state index in [1.807, 2.05) is 36.4 Å². The first-order valence-corrected chi connectivity index (χ1v) is 10.9. The quantitative estimate of drug-likeness (QED) is 0.540. The van der Waals surface area contributed by atoms with Gasteiger partial charge in [0.05, 0.1) is 5.54 Å². The average molecular weight is 417 g/mol. The summed E-state index contributed by atoms with van der Waals surface area (Å²) in [6.07, 6.45) is 5.27. The Morgan fingerprint density at radius 3 is 2.94 bits per heavy atom. The lowest BCUT2D eigenvalue weighted by Crippen LogP contribution is -2.49. The Hall–Kier alpha value is -3.09. The van der Waals surface area contributed by atoms with Gasteiger partial charge >= 0.3 is 0 Å². The molecule has 1 amide bonds. The van der Waals surface area contributed by atoms with Crippen molar-refractivity contribution in [2.45, 2.75) is 18.4 Å². The molecule has 0 bridgehead atoms. The van der Waals surface area contributed by atoms with Crippen LogP contribution in [0.3, 0.4) is 0 Å². The number of carbonyl (C=O) groups is 1. The Morgan fingerprint density at radius 2 is 2.10 bits per heavy atom. The molecule has 1 fully saturated rings. The summed E-state index contributed by atoms with van der Waals surface area (Å²) < 4.78 is 5.90. The van der Waals surface area contributed by atoms with Crippen LogP contribution in [-0.2, 0) is 16.8 Å². The number of aromatic amines is 1. The second kappa shape index (κ2) is 8.21. The third-order valence-electron chi connectivity index (χ3n) is 6.45. The molecule has 0 aliphatic carbocycles. The molecule has 160 valence electrons. The van der Waals surface area contributed by atoms with Gasteiger partial charge in [-0.2, -0.15) is 0 Å². The van der Waals surface area contributed by atoms with E-state index in [9.17, 15) is 4.79 Å². The van der Waals surface area contributed by atoms with Gasteiger partial charge < -0.3 is 20.8 Å². The van der Waals surface area contributed by atoms with E-state index >= 15 is 0 Å². The van der Waals surface area contributed by atoms with Gasteiger partial charge in [0, 0.05) is 48.9 Å². The highest BCUT2D eigenvalue weighted by atomic mass is 16.5. The van der Waals surface area contributed by atoms with Gasteiger partial charge in [-0.25, -0.2) is 0 Å². The molecule has 3 heterocycles. The lowest BCUT2D eigenvalue weighted by Gasteiger charge is -2.35. The van der Waals surface area contributed by atoms with Crippen molar-refractivity contribution in [3.05, 3.63) is 71.4 Å². The fraction of sp³-hybridized carbons (Fsp3) is 0.320. The maximum Gasteiger partial charge on any atom is 0.241 e. The van der Waals surface area contributed by atoms with Crippen LogP contribution in [0, 0.1) is 0 Å². The van der Waals surface area contributed by atoms with Gasteiger partial charge in [0.25, 0.3) is 0 Å². The number of H-pyrrole nitrogens is 1. The number of aromatic nitrogens is 1. The molecule has 31 heavy (non-hydrogen) atoms. The highest BCUT2D eigenvalue weighted by Gasteiger charge is 2.43.